The number of amides is 3. The van der Waals surface area contributed by atoms with E-state index in [1.54, 1.807) is 18.0 Å². The molecule has 208 valence electrons. The van der Waals surface area contributed by atoms with Crippen molar-refractivity contribution < 1.29 is 24.3 Å². The van der Waals surface area contributed by atoms with E-state index >= 15 is 0 Å². The topological polar surface area (TPSA) is 166 Å². The molecule has 0 fully saturated rings. The fourth-order valence-electron chi connectivity index (χ4n) is 4.09. The molecule has 39 heavy (non-hydrogen) atoms. The van der Waals surface area contributed by atoms with Gasteiger partial charge in [-0.05, 0) is 42.5 Å². The smallest absolute Gasteiger partial charge is 0.325 e. The van der Waals surface area contributed by atoms with Crippen LogP contribution in [-0.4, -0.2) is 70.0 Å². The fourth-order valence-corrected chi connectivity index (χ4v) is 4.58. The number of carbonyl (C=O) groups excluding carboxylic acids is 3. The largest absolute Gasteiger partial charge is 0.480 e. The zero-order valence-electron chi connectivity index (χ0n) is 22.0. The number of hydrogen-bond donors (Lipinski definition) is 6. The third-order valence-electron chi connectivity index (χ3n) is 6.35. The first-order valence-corrected chi connectivity index (χ1v) is 14.1. The molecule has 0 saturated carbocycles. The molecule has 4 atom stereocenters. The third kappa shape index (κ3) is 8.59. The Morgan fingerprint density at radius 3 is 2.21 bits per heavy atom. The van der Waals surface area contributed by atoms with E-state index in [9.17, 15) is 24.3 Å². The average molecular weight is 554 g/mol. The van der Waals surface area contributed by atoms with Gasteiger partial charge in [-0.3, -0.25) is 19.2 Å². The number of aromatic amines is 1. The quantitative estimate of drug-likeness (QED) is 0.176. The van der Waals surface area contributed by atoms with Crippen molar-refractivity contribution in [3.63, 3.8) is 0 Å². The molecule has 1 aromatic heterocycles. The predicted octanol–water partition coefficient (Wildman–Crippen LogP) is 1.59. The summed E-state index contributed by atoms with van der Waals surface area (Å²) in [5.74, 6) is -2.19. The van der Waals surface area contributed by atoms with Gasteiger partial charge in [0.2, 0.25) is 17.7 Å². The maximum absolute atomic E-state index is 13.6. The van der Waals surface area contributed by atoms with E-state index in [-0.39, 0.29) is 12.8 Å². The van der Waals surface area contributed by atoms with Crippen LogP contribution in [0.3, 0.4) is 0 Å². The Labute approximate surface area is 231 Å². The molecule has 10 nitrogen and oxygen atoms in total. The minimum absolute atomic E-state index is 0.104. The molecule has 0 saturated heterocycles. The van der Waals surface area contributed by atoms with Gasteiger partial charge in [-0.1, -0.05) is 48.5 Å². The fraction of sp³-hybridized carbons (Fsp3) is 0.357. The summed E-state index contributed by atoms with van der Waals surface area (Å²) in [5, 5.41) is 18.1. The summed E-state index contributed by atoms with van der Waals surface area (Å²) in [6, 6.07) is 12.7. The highest BCUT2D eigenvalue weighted by molar-refractivity contribution is 7.98. The Hall–Kier alpha value is -3.83. The van der Waals surface area contributed by atoms with Crippen LogP contribution in [0.2, 0.25) is 0 Å². The molecule has 1 heterocycles. The van der Waals surface area contributed by atoms with Gasteiger partial charge in [-0.25, -0.2) is 0 Å². The Kier molecular flexibility index (Phi) is 10.9. The van der Waals surface area contributed by atoms with Crippen molar-refractivity contribution in [2.24, 2.45) is 5.73 Å². The molecule has 0 aliphatic heterocycles. The normalized spacial score (nSPS) is 14.1. The van der Waals surface area contributed by atoms with Crippen LogP contribution in [-0.2, 0) is 32.0 Å². The molecule has 3 amide bonds. The molecule has 0 bridgehead atoms. The molecule has 7 N–H and O–H groups in total. The van der Waals surface area contributed by atoms with Crippen molar-refractivity contribution in [2.45, 2.75) is 50.4 Å². The van der Waals surface area contributed by atoms with Gasteiger partial charge < -0.3 is 31.8 Å². The van der Waals surface area contributed by atoms with Crippen molar-refractivity contribution >= 4 is 46.4 Å². The lowest BCUT2D eigenvalue weighted by atomic mass is 10.0. The Balaban J connectivity index is 1.85. The summed E-state index contributed by atoms with van der Waals surface area (Å²) in [4.78, 5) is 54.1. The third-order valence-corrected chi connectivity index (χ3v) is 6.99. The number of nitrogens with one attached hydrogen (secondary N) is 4. The number of rotatable bonds is 14. The van der Waals surface area contributed by atoms with E-state index in [1.165, 1.54) is 6.92 Å². The van der Waals surface area contributed by atoms with Crippen LogP contribution in [0.25, 0.3) is 10.9 Å². The van der Waals surface area contributed by atoms with Crippen LogP contribution in [0, 0.1) is 0 Å². The molecule has 2 aromatic carbocycles. The summed E-state index contributed by atoms with van der Waals surface area (Å²) in [6.07, 6.45) is 4.41. The summed E-state index contributed by atoms with van der Waals surface area (Å²) >= 11 is 1.57. The van der Waals surface area contributed by atoms with E-state index in [0.717, 1.165) is 22.0 Å². The molecule has 4 unspecified atom stereocenters. The van der Waals surface area contributed by atoms with Crippen LogP contribution >= 0.6 is 11.8 Å². The minimum Gasteiger partial charge on any atom is -0.480 e. The van der Waals surface area contributed by atoms with Crippen molar-refractivity contribution in [1.82, 2.24) is 20.9 Å². The van der Waals surface area contributed by atoms with Gasteiger partial charge in [0.05, 0.1) is 6.04 Å². The van der Waals surface area contributed by atoms with Crippen LogP contribution in [0.1, 0.15) is 24.5 Å². The number of H-pyrrole nitrogens is 1. The maximum Gasteiger partial charge on any atom is 0.325 e. The maximum atomic E-state index is 13.6. The first kappa shape index (κ1) is 29.7. The second-order valence-corrected chi connectivity index (χ2v) is 10.3. The van der Waals surface area contributed by atoms with E-state index < -0.39 is 47.9 Å². The second-order valence-electron chi connectivity index (χ2n) is 9.33. The summed E-state index contributed by atoms with van der Waals surface area (Å²) in [7, 11) is 0. The van der Waals surface area contributed by atoms with Crippen molar-refractivity contribution in [3.8, 4) is 0 Å². The average Bonchev–Trinajstić information content (AvgIpc) is 3.33. The Morgan fingerprint density at radius 2 is 1.51 bits per heavy atom. The predicted molar refractivity (Wildman–Crippen MR) is 152 cm³/mol. The van der Waals surface area contributed by atoms with Gasteiger partial charge in [0.1, 0.15) is 18.1 Å². The number of aliphatic carboxylic acids is 1. The van der Waals surface area contributed by atoms with Gasteiger partial charge in [0.15, 0.2) is 0 Å². The van der Waals surface area contributed by atoms with Crippen LogP contribution < -0.4 is 21.7 Å². The molecule has 0 aliphatic rings. The summed E-state index contributed by atoms with van der Waals surface area (Å²) in [5.41, 5.74) is 8.49. The first-order chi connectivity index (χ1) is 18.7. The minimum atomic E-state index is -1.20. The summed E-state index contributed by atoms with van der Waals surface area (Å²) < 4.78 is 0. The van der Waals surface area contributed by atoms with Crippen LogP contribution in [0.15, 0.2) is 60.8 Å². The second kappa shape index (κ2) is 14.4. The number of carbonyl (C=O) groups is 4. The molecular weight excluding hydrogens is 518 g/mol. The van der Waals surface area contributed by atoms with E-state index in [4.69, 9.17) is 5.73 Å². The first-order valence-electron chi connectivity index (χ1n) is 12.7. The molecule has 0 aliphatic carbocycles. The van der Waals surface area contributed by atoms with Crippen molar-refractivity contribution in [3.05, 3.63) is 71.9 Å². The zero-order chi connectivity index (χ0) is 28.4. The lowest BCUT2D eigenvalue weighted by molar-refractivity contribution is -0.141. The van der Waals surface area contributed by atoms with Gasteiger partial charge >= 0.3 is 5.97 Å². The number of nitrogens with two attached hydrogens (primary N) is 1. The molecule has 3 rings (SSSR count). The van der Waals surface area contributed by atoms with Crippen LogP contribution in [0.4, 0.5) is 0 Å². The van der Waals surface area contributed by atoms with Gasteiger partial charge in [0, 0.05) is 29.9 Å². The van der Waals surface area contributed by atoms with Crippen LogP contribution in [0.5, 0.6) is 0 Å². The highest BCUT2D eigenvalue weighted by Crippen LogP contribution is 2.19. The zero-order valence-corrected chi connectivity index (χ0v) is 22.8. The molecular formula is C28H35N5O5S. The number of aromatic nitrogens is 1. The van der Waals surface area contributed by atoms with Gasteiger partial charge in [-0.2, -0.15) is 11.8 Å². The number of para-hydroxylation sites is 1. The number of carboxylic acids is 1. The lowest BCUT2D eigenvalue weighted by Gasteiger charge is -2.25. The molecule has 0 spiro atoms. The molecule has 11 heteroatoms. The van der Waals surface area contributed by atoms with E-state index in [0.29, 0.717) is 12.2 Å². The lowest BCUT2D eigenvalue weighted by Crippen LogP contribution is -2.58. The summed E-state index contributed by atoms with van der Waals surface area (Å²) in [6.45, 7) is 1.35. The standard InChI is InChI=1S/C28H35N5O5S/c1-17(28(37)38)31-26(35)24(15-19-16-30-22-11-7-6-10-20(19)22)33-27(36)23(14-18-8-4-3-5-9-18)32-25(34)21(29)12-13-39-2/h3-11,16-17,21,23-24,30H,12-15,29H2,1-2H3,(H,31,35)(H,32,34)(H,33,36)(H,37,38). The van der Waals surface area contributed by atoms with E-state index in [1.807, 2.05) is 60.9 Å². The van der Waals surface area contributed by atoms with Crippen molar-refractivity contribution in [2.75, 3.05) is 12.0 Å². The van der Waals surface area contributed by atoms with Crippen molar-refractivity contribution in [1.29, 1.82) is 0 Å². The molecule has 3 aromatic rings. The van der Waals surface area contributed by atoms with Gasteiger partial charge in [-0.15, -0.1) is 0 Å². The Bertz CT molecular complexity index is 1280. The number of thioether (sulfide) groups is 1. The highest BCUT2D eigenvalue weighted by atomic mass is 32.2. The Morgan fingerprint density at radius 1 is 0.897 bits per heavy atom. The van der Waals surface area contributed by atoms with E-state index in [2.05, 4.69) is 20.9 Å². The van der Waals surface area contributed by atoms with Gasteiger partial charge in [0.25, 0.3) is 0 Å². The monoisotopic (exact) mass is 553 g/mol. The molecule has 0 radical (unpaired) electrons. The number of carboxylic acid groups (broad SMARTS) is 1. The highest BCUT2D eigenvalue weighted by Gasteiger charge is 2.30. The number of fused-ring (bicyclic) bond motifs is 1. The number of hydrogen-bond acceptors (Lipinski definition) is 6. The number of benzene rings is 2. The SMILES string of the molecule is CSCCC(N)C(=O)NC(Cc1ccccc1)C(=O)NC(Cc1c[nH]c2ccccc12)C(=O)NC(C)C(=O)O.